The van der Waals surface area contributed by atoms with E-state index in [1.54, 1.807) is 7.11 Å². The van der Waals surface area contributed by atoms with Crippen molar-refractivity contribution >= 4 is 11.6 Å². The van der Waals surface area contributed by atoms with Crippen LogP contribution < -0.4 is 11.1 Å². The van der Waals surface area contributed by atoms with Crippen molar-refractivity contribution in [1.82, 2.24) is 5.32 Å². The molecule has 5 nitrogen and oxygen atoms in total. The molecule has 0 bridgehead atoms. The van der Waals surface area contributed by atoms with Crippen LogP contribution >= 0.6 is 0 Å². The summed E-state index contributed by atoms with van der Waals surface area (Å²) in [5, 5.41) is 2.92. The van der Waals surface area contributed by atoms with Crippen LogP contribution in [0.1, 0.15) is 24.8 Å². The first kappa shape index (κ1) is 17.5. The van der Waals surface area contributed by atoms with Crippen molar-refractivity contribution in [2.75, 3.05) is 39.2 Å². The number of aryl methyl sites for hydroxylation is 1. The smallest absolute Gasteiger partial charge is 0.220 e. The number of hydrogen-bond acceptors (Lipinski definition) is 4. The van der Waals surface area contributed by atoms with Crippen molar-refractivity contribution in [2.24, 2.45) is 0 Å². The molecule has 0 fully saturated rings. The minimum absolute atomic E-state index is 0.0899. The first-order valence-corrected chi connectivity index (χ1v) is 7.40. The summed E-state index contributed by atoms with van der Waals surface area (Å²) in [4.78, 5) is 11.7. The van der Waals surface area contributed by atoms with E-state index in [0.717, 1.165) is 30.5 Å². The van der Waals surface area contributed by atoms with Gasteiger partial charge >= 0.3 is 0 Å². The number of benzene rings is 1. The van der Waals surface area contributed by atoms with Crippen molar-refractivity contribution in [3.8, 4) is 0 Å². The van der Waals surface area contributed by atoms with Crippen molar-refractivity contribution < 1.29 is 14.3 Å². The number of methoxy groups -OCH3 is 1. The van der Waals surface area contributed by atoms with Crippen molar-refractivity contribution in [2.45, 2.75) is 25.7 Å². The Morgan fingerprint density at radius 3 is 2.62 bits per heavy atom. The maximum absolute atomic E-state index is 11.7. The van der Waals surface area contributed by atoms with E-state index in [9.17, 15) is 4.79 Å². The van der Waals surface area contributed by atoms with Crippen molar-refractivity contribution in [3.63, 3.8) is 0 Å². The highest BCUT2D eigenvalue weighted by Gasteiger charge is 2.01. The van der Waals surface area contributed by atoms with Gasteiger partial charge in [0.05, 0.1) is 13.2 Å². The first-order chi connectivity index (χ1) is 10.2. The highest BCUT2D eigenvalue weighted by Crippen LogP contribution is 2.07. The summed E-state index contributed by atoms with van der Waals surface area (Å²) in [6.45, 7) is 2.67. The van der Waals surface area contributed by atoms with Crippen LogP contribution in [0, 0.1) is 0 Å². The van der Waals surface area contributed by atoms with Crippen LogP contribution in [0.3, 0.4) is 0 Å². The number of unbranched alkanes of at least 4 members (excludes halogenated alkanes) is 1. The van der Waals surface area contributed by atoms with E-state index in [0.29, 0.717) is 32.8 Å². The van der Waals surface area contributed by atoms with Crippen LogP contribution in [0.25, 0.3) is 0 Å². The molecule has 0 heterocycles. The number of anilines is 1. The van der Waals surface area contributed by atoms with E-state index in [-0.39, 0.29) is 5.91 Å². The van der Waals surface area contributed by atoms with E-state index in [1.807, 2.05) is 24.3 Å². The molecule has 5 heteroatoms. The van der Waals surface area contributed by atoms with E-state index in [2.05, 4.69) is 5.32 Å². The second-order valence-electron chi connectivity index (χ2n) is 4.90. The standard InChI is InChI=1S/C16H26N2O3/c1-20-12-13-21-11-3-2-10-18-16(19)9-6-14-4-7-15(17)8-5-14/h4-5,7-8H,2-3,6,9-13,17H2,1H3,(H,18,19). The molecule has 0 saturated carbocycles. The quantitative estimate of drug-likeness (QED) is 0.482. The second-order valence-corrected chi connectivity index (χ2v) is 4.90. The molecular weight excluding hydrogens is 268 g/mol. The van der Waals surface area contributed by atoms with Gasteiger partial charge in [0.15, 0.2) is 0 Å². The number of carbonyl (C=O) groups is 1. The van der Waals surface area contributed by atoms with Crippen LogP contribution in [0.5, 0.6) is 0 Å². The number of nitrogen functional groups attached to an aromatic ring is 1. The van der Waals surface area contributed by atoms with Crippen LogP contribution in [0.4, 0.5) is 5.69 Å². The van der Waals surface area contributed by atoms with Gasteiger partial charge in [0.2, 0.25) is 5.91 Å². The van der Waals surface area contributed by atoms with Gasteiger partial charge in [0, 0.05) is 32.4 Å². The molecular formula is C16H26N2O3. The Bertz CT molecular complexity index is 393. The van der Waals surface area contributed by atoms with Crippen molar-refractivity contribution in [1.29, 1.82) is 0 Å². The molecule has 0 unspecified atom stereocenters. The summed E-state index contributed by atoms with van der Waals surface area (Å²) in [5.74, 6) is 0.0899. The van der Waals surface area contributed by atoms with Gasteiger partial charge in [-0.3, -0.25) is 4.79 Å². The number of rotatable bonds is 11. The first-order valence-electron chi connectivity index (χ1n) is 7.40. The molecule has 1 rings (SSSR count). The molecule has 0 aliphatic heterocycles. The lowest BCUT2D eigenvalue weighted by Crippen LogP contribution is -2.24. The predicted molar refractivity (Wildman–Crippen MR) is 84.1 cm³/mol. The van der Waals surface area contributed by atoms with Gasteiger partial charge in [-0.15, -0.1) is 0 Å². The minimum atomic E-state index is 0.0899. The Morgan fingerprint density at radius 1 is 1.14 bits per heavy atom. The third-order valence-corrected chi connectivity index (χ3v) is 3.09. The molecule has 3 N–H and O–H groups in total. The van der Waals surface area contributed by atoms with E-state index in [4.69, 9.17) is 15.2 Å². The number of nitrogens with two attached hydrogens (primary N) is 1. The Balaban J connectivity index is 1.97. The molecule has 0 aliphatic carbocycles. The zero-order chi connectivity index (χ0) is 15.3. The van der Waals surface area contributed by atoms with Gasteiger partial charge in [0.25, 0.3) is 0 Å². The molecule has 21 heavy (non-hydrogen) atoms. The third kappa shape index (κ3) is 9.05. The molecule has 0 aliphatic rings. The largest absolute Gasteiger partial charge is 0.399 e. The molecule has 0 radical (unpaired) electrons. The van der Waals surface area contributed by atoms with Gasteiger partial charge in [0.1, 0.15) is 0 Å². The van der Waals surface area contributed by atoms with Gasteiger partial charge < -0.3 is 20.5 Å². The van der Waals surface area contributed by atoms with Crippen molar-refractivity contribution in [3.05, 3.63) is 29.8 Å². The topological polar surface area (TPSA) is 73.6 Å². The normalized spacial score (nSPS) is 10.5. The highest BCUT2D eigenvalue weighted by molar-refractivity contribution is 5.76. The predicted octanol–water partition coefficient (Wildman–Crippen LogP) is 1.76. The number of hydrogen-bond donors (Lipinski definition) is 2. The highest BCUT2D eigenvalue weighted by atomic mass is 16.5. The summed E-state index contributed by atoms with van der Waals surface area (Å²) >= 11 is 0. The van der Waals surface area contributed by atoms with E-state index < -0.39 is 0 Å². The van der Waals surface area contributed by atoms with Crippen LogP contribution in [0.2, 0.25) is 0 Å². The van der Waals surface area contributed by atoms with E-state index >= 15 is 0 Å². The maximum atomic E-state index is 11.7. The van der Waals surface area contributed by atoms with E-state index in [1.165, 1.54) is 0 Å². The lowest BCUT2D eigenvalue weighted by molar-refractivity contribution is -0.121. The molecule has 1 aromatic carbocycles. The van der Waals surface area contributed by atoms with Crippen LogP contribution in [-0.4, -0.2) is 39.4 Å². The molecule has 1 aromatic rings. The Morgan fingerprint density at radius 2 is 1.90 bits per heavy atom. The van der Waals surface area contributed by atoms with Crippen LogP contribution in [0.15, 0.2) is 24.3 Å². The zero-order valence-corrected chi connectivity index (χ0v) is 12.8. The molecule has 0 aromatic heterocycles. The average Bonchev–Trinajstić information content (AvgIpc) is 2.49. The summed E-state index contributed by atoms with van der Waals surface area (Å²) in [7, 11) is 1.66. The fourth-order valence-corrected chi connectivity index (χ4v) is 1.83. The fraction of sp³-hybridized carbons (Fsp3) is 0.562. The summed E-state index contributed by atoms with van der Waals surface area (Å²) in [6.07, 6.45) is 3.13. The van der Waals surface area contributed by atoms with Gasteiger partial charge in [-0.05, 0) is 37.0 Å². The minimum Gasteiger partial charge on any atom is -0.399 e. The molecule has 1 amide bonds. The zero-order valence-electron chi connectivity index (χ0n) is 12.8. The molecule has 0 spiro atoms. The van der Waals surface area contributed by atoms with Gasteiger partial charge in [-0.2, -0.15) is 0 Å². The Labute approximate surface area is 126 Å². The van der Waals surface area contributed by atoms with Gasteiger partial charge in [-0.1, -0.05) is 12.1 Å². The number of carbonyl (C=O) groups excluding carboxylic acids is 1. The Hall–Kier alpha value is -1.59. The number of nitrogens with one attached hydrogen (secondary N) is 1. The molecule has 0 saturated heterocycles. The summed E-state index contributed by atoms with van der Waals surface area (Å²) in [5.41, 5.74) is 7.50. The maximum Gasteiger partial charge on any atom is 0.220 e. The van der Waals surface area contributed by atoms with Gasteiger partial charge in [-0.25, -0.2) is 0 Å². The lowest BCUT2D eigenvalue weighted by atomic mass is 10.1. The van der Waals surface area contributed by atoms with Crippen LogP contribution in [-0.2, 0) is 20.7 Å². The third-order valence-electron chi connectivity index (χ3n) is 3.09. The summed E-state index contributed by atoms with van der Waals surface area (Å²) < 4.78 is 10.2. The SMILES string of the molecule is COCCOCCCCNC(=O)CCc1ccc(N)cc1. The second kappa shape index (κ2) is 11.1. The number of ether oxygens (including phenoxy) is 2. The fourth-order valence-electron chi connectivity index (χ4n) is 1.83. The number of amides is 1. The summed E-state index contributed by atoms with van der Waals surface area (Å²) in [6, 6.07) is 7.63. The average molecular weight is 294 g/mol. The Kier molecular flexibility index (Phi) is 9.24. The lowest BCUT2D eigenvalue weighted by Gasteiger charge is -2.06. The monoisotopic (exact) mass is 294 g/mol. The molecule has 0 atom stereocenters. The molecule has 118 valence electrons.